The van der Waals surface area contributed by atoms with Crippen LogP contribution in [0.5, 0.6) is 11.5 Å². The van der Waals surface area contributed by atoms with Gasteiger partial charge in [0, 0.05) is 16.5 Å². The average molecular weight is 859 g/mol. The molecule has 2 N–H and O–H groups in total. The predicted octanol–water partition coefficient (Wildman–Crippen LogP) is 9.24. The summed E-state index contributed by atoms with van der Waals surface area (Å²) in [7, 11) is 1.44. The van der Waals surface area contributed by atoms with Crippen LogP contribution >= 0.6 is 23.2 Å². The van der Waals surface area contributed by atoms with Gasteiger partial charge in [0.25, 0.3) is 11.8 Å². The number of hydrazine groups is 1. The van der Waals surface area contributed by atoms with E-state index in [4.69, 9.17) is 27.9 Å². The van der Waals surface area contributed by atoms with Gasteiger partial charge >= 0.3 is 12.4 Å². The second-order valence-corrected chi connectivity index (χ2v) is 15.8. The molecule has 0 unspecified atom stereocenters. The van der Waals surface area contributed by atoms with Crippen LogP contribution in [0.2, 0.25) is 10.0 Å². The molecule has 4 aromatic rings. The standard InChI is InChI=1S/C42H31Cl2F6N3O6/c1-19-4-3-5-28(35(19)54)34-26-11-12-27-33(38(57)52(36(27)55)24-15-21(41(45,46)47)14-22(16-24)42(48,49)50)29(26)18-30-37(56)53(51-32-13-8-23(43)17-31(32)44)39(58)40(30,34)20-6-9-25(59-2)10-7-20/h3-11,13-17,27,29-30,33-34,51,54H,12,18H2,1-2H3/t27-,29+,30-,33-,34+,40+/m0/s1. The van der Waals surface area contributed by atoms with Gasteiger partial charge < -0.3 is 9.84 Å². The maximum atomic E-state index is 15.4. The Balaban J connectivity index is 1.32. The average Bonchev–Trinajstić information content (AvgIpc) is 3.56. The van der Waals surface area contributed by atoms with Crippen molar-refractivity contribution in [2.75, 3.05) is 17.4 Å². The van der Waals surface area contributed by atoms with E-state index >= 15 is 4.79 Å². The largest absolute Gasteiger partial charge is 0.507 e. The lowest BCUT2D eigenvalue weighted by Gasteiger charge is -2.50. The van der Waals surface area contributed by atoms with Gasteiger partial charge in [0.2, 0.25) is 11.8 Å². The third kappa shape index (κ3) is 6.23. The summed E-state index contributed by atoms with van der Waals surface area (Å²) in [5, 5.41) is 12.9. The van der Waals surface area contributed by atoms with Crippen molar-refractivity contribution in [1.29, 1.82) is 0 Å². The molecule has 0 spiro atoms. The number of halogens is 8. The molecule has 2 saturated heterocycles. The van der Waals surface area contributed by atoms with Gasteiger partial charge in [-0.2, -0.15) is 31.4 Å². The molecule has 6 atom stereocenters. The first-order chi connectivity index (χ1) is 27.8. The second kappa shape index (κ2) is 14.0. The van der Waals surface area contributed by atoms with Crippen molar-refractivity contribution >= 4 is 58.2 Å². The Morgan fingerprint density at radius 3 is 2.10 bits per heavy atom. The molecule has 3 fully saturated rings. The fraction of sp³-hybridized carbons (Fsp3) is 0.286. The van der Waals surface area contributed by atoms with Crippen molar-refractivity contribution in [1.82, 2.24) is 5.01 Å². The van der Waals surface area contributed by atoms with Crippen LogP contribution in [-0.2, 0) is 36.9 Å². The second-order valence-electron chi connectivity index (χ2n) is 15.0. The number of phenolic OH excluding ortho intramolecular Hbond substituents is 1. The molecule has 8 rings (SSSR count). The number of rotatable bonds is 6. The van der Waals surface area contributed by atoms with Crippen LogP contribution in [0.3, 0.4) is 0 Å². The van der Waals surface area contributed by atoms with Crippen LogP contribution in [0.25, 0.3) is 0 Å². The number of anilines is 2. The number of para-hydroxylation sites is 1. The number of allylic oxidation sites excluding steroid dienone is 2. The molecule has 2 heterocycles. The van der Waals surface area contributed by atoms with E-state index in [9.17, 15) is 45.8 Å². The number of ether oxygens (including phenoxy) is 1. The van der Waals surface area contributed by atoms with Gasteiger partial charge in [-0.25, -0.2) is 4.90 Å². The zero-order valence-corrected chi connectivity index (χ0v) is 32.3. The van der Waals surface area contributed by atoms with Crippen LogP contribution in [0, 0.1) is 30.6 Å². The number of benzene rings is 4. The van der Waals surface area contributed by atoms with Gasteiger partial charge in [0.1, 0.15) is 11.5 Å². The number of nitrogens with zero attached hydrogens (tertiary/aromatic N) is 2. The number of nitrogens with one attached hydrogen (secondary N) is 1. The zero-order valence-electron chi connectivity index (χ0n) is 30.8. The molecule has 2 aliphatic carbocycles. The van der Waals surface area contributed by atoms with E-state index in [0.717, 1.165) is 5.01 Å². The lowest BCUT2D eigenvalue weighted by atomic mass is 9.49. The summed E-state index contributed by atoms with van der Waals surface area (Å²) < 4.78 is 89.1. The van der Waals surface area contributed by atoms with E-state index in [-0.39, 0.29) is 46.0 Å². The molecule has 4 amide bonds. The first-order valence-corrected chi connectivity index (χ1v) is 18.9. The summed E-state index contributed by atoms with van der Waals surface area (Å²) in [6.45, 7) is 1.63. The van der Waals surface area contributed by atoms with E-state index in [0.29, 0.717) is 39.5 Å². The molecular weight excluding hydrogens is 827 g/mol. The number of imide groups is 2. The quantitative estimate of drug-likeness (QED) is 0.113. The molecule has 0 bridgehead atoms. The first kappa shape index (κ1) is 40.2. The summed E-state index contributed by atoms with van der Waals surface area (Å²) in [5.41, 5.74) is -1.87. The van der Waals surface area contributed by atoms with Gasteiger partial charge in [-0.15, -0.1) is 0 Å². The van der Waals surface area contributed by atoms with E-state index in [1.807, 2.05) is 0 Å². The maximum Gasteiger partial charge on any atom is 0.416 e. The van der Waals surface area contributed by atoms with E-state index in [1.54, 1.807) is 55.5 Å². The molecule has 4 aliphatic rings. The number of carbonyl (C=O) groups excluding carboxylic acids is 4. The summed E-state index contributed by atoms with van der Waals surface area (Å²) >= 11 is 12.6. The van der Waals surface area contributed by atoms with Crippen LogP contribution in [0.1, 0.15) is 46.6 Å². The smallest absolute Gasteiger partial charge is 0.416 e. The molecule has 1 saturated carbocycles. The van der Waals surface area contributed by atoms with Gasteiger partial charge in [0.05, 0.1) is 57.8 Å². The minimum atomic E-state index is -5.26. The number of carbonyl (C=O) groups is 4. The number of phenols is 1. The Bertz CT molecular complexity index is 2460. The number of aromatic hydroxyl groups is 1. The van der Waals surface area contributed by atoms with Crippen LogP contribution in [0.15, 0.2) is 90.5 Å². The fourth-order valence-electron chi connectivity index (χ4n) is 9.42. The van der Waals surface area contributed by atoms with E-state index < -0.39 is 87.8 Å². The number of aryl methyl sites for hydroxylation is 1. The maximum absolute atomic E-state index is 15.4. The predicted molar refractivity (Wildman–Crippen MR) is 202 cm³/mol. The molecule has 0 radical (unpaired) electrons. The molecule has 4 aromatic carbocycles. The topological polar surface area (TPSA) is 116 Å². The summed E-state index contributed by atoms with van der Waals surface area (Å²) in [5.74, 6) is -9.60. The fourth-order valence-corrected chi connectivity index (χ4v) is 9.88. The van der Waals surface area contributed by atoms with Crippen molar-refractivity contribution in [2.24, 2.45) is 23.7 Å². The number of amides is 4. The summed E-state index contributed by atoms with van der Waals surface area (Å²) in [4.78, 5) is 59.3. The summed E-state index contributed by atoms with van der Waals surface area (Å²) in [6, 6.07) is 16.1. The van der Waals surface area contributed by atoms with Crippen molar-refractivity contribution in [3.63, 3.8) is 0 Å². The SMILES string of the molecule is COc1ccc([C@@]23C(=O)N(Nc4ccc(Cl)cc4Cl)C(=O)[C@@H]2C[C@@H]2C(=CC[C@@H]4C(=O)N(c5cc(C(F)(F)F)cc(C(F)(F)F)c5)C(=O)[C@@H]42)[C@@H]3c2cccc(C)c2O)cc1. The van der Waals surface area contributed by atoms with Crippen molar-refractivity contribution in [3.8, 4) is 11.5 Å². The highest BCUT2D eigenvalue weighted by Crippen LogP contribution is 2.65. The minimum absolute atomic E-state index is 0.0667. The monoisotopic (exact) mass is 857 g/mol. The third-order valence-corrected chi connectivity index (χ3v) is 12.5. The zero-order chi connectivity index (χ0) is 42.5. The van der Waals surface area contributed by atoms with Crippen LogP contribution in [-0.4, -0.2) is 40.9 Å². The van der Waals surface area contributed by atoms with Gasteiger partial charge in [0.15, 0.2) is 0 Å². The Labute approximate surface area is 342 Å². The Hall–Kier alpha value is -5.54. The van der Waals surface area contributed by atoms with Crippen molar-refractivity contribution in [2.45, 2.75) is 43.5 Å². The van der Waals surface area contributed by atoms with Crippen LogP contribution < -0.4 is 15.1 Å². The Morgan fingerprint density at radius 1 is 0.831 bits per heavy atom. The first-order valence-electron chi connectivity index (χ1n) is 18.2. The molecule has 59 heavy (non-hydrogen) atoms. The third-order valence-electron chi connectivity index (χ3n) is 12.0. The summed E-state index contributed by atoms with van der Waals surface area (Å²) in [6.07, 6.45) is -9.34. The normalized spacial score (nSPS) is 25.5. The molecule has 2 aliphatic heterocycles. The number of alkyl halides is 6. The van der Waals surface area contributed by atoms with Crippen LogP contribution in [0.4, 0.5) is 37.7 Å². The lowest BCUT2D eigenvalue weighted by molar-refractivity contribution is -0.143. The van der Waals surface area contributed by atoms with Gasteiger partial charge in [-0.05, 0) is 85.3 Å². The Kier molecular flexibility index (Phi) is 9.58. The van der Waals surface area contributed by atoms with E-state index in [2.05, 4.69) is 5.43 Å². The highest BCUT2D eigenvalue weighted by molar-refractivity contribution is 6.36. The molecule has 306 valence electrons. The molecule has 17 heteroatoms. The molecule has 0 aromatic heterocycles. The number of hydrogen-bond acceptors (Lipinski definition) is 7. The van der Waals surface area contributed by atoms with Crippen molar-refractivity contribution < 1.29 is 55.4 Å². The number of hydrogen-bond donors (Lipinski definition) is 2. The minimum Gasteiger partial charge on any atom is -0.507 e. The lowest BCUT2D eigenvalue weighted by Crippen LogP contribution is -2.53. The highest BCUT2D eigenvalue weighted by Gasteiger charge is 2.71. The molecular formula is C42H31Cl2F6N3O6. The Morgan fingerprint density at radius 2 is 1.49 bits per heavy atom. The number of fused-ring (bicyclic) bond motifs is 4. The van der Waals surface area contributed by atoms with Gasteiger partial charge in [-0.1, -0.05) is 65.2 Å². The van der Waals surface area contributed by atoms with Crippen molar-refractivity contribution in [3.05, 3.63) is 128 Å². The highest BCUT2D eigenvalue weighted by atomic mass is 35.5. The van der Waals surface area contributed by atoms with E-state index in [1.165, 1.54) is 25.3 Å². The molecule has 9 nitrogen and oxygen atoms in total. The number of methoxy groups -OCH3 is 1. The van der Waals surface area contributed by atoms with Gasteiger partial charge in [-0.3, -0.25) is 24.6 Å².